The van der Waals surface area contributed by atoms with Crippen molar-refractivity contribution in [2.45, 2.75) is 16.8 Å². The summed E-state index contributed by atoms with van der Waals surface area (Å²) in [6.07, 6.45) is 1.59. The van der Waals surface area contributed by atoms with Crippen LogP contribution in [0.2, 0.25) is 5.02 Å². The molecule has 2 rings (SSSR count). The van der Waals surface area contributed by atoms with E-state index in [2.05, 4.69) is 10.1 Å². The van der Waals surface area contributed by atoms with Crippen molar-refractivity contribution >= 4 is 29.2 Å². The van der Waals surface area contributed by atoms with Crippen LogP contribution in [0.15, 0.2) is 51.6 Å². The van der Waals surface area contributed by atoms with Crippen LogP contribution >= 0.6 is 23.4 Å². The third kappa shape index (κ3) is 3.39. The van der Waals surface area contributed by atoms with Crippen molar-refractivity contribution < 1.29 is 5.21 Å². The maximum Gasteiger partial charge on any atom is 0.171 e. The predicted molar refractivity (Wildman–Crippen MR) is 77.1 cm³/mol. The van der Waals surface area contributed by atoms with Crippen LogP contribution in [0.5, 0.6) is 0 Å². The Balaban J connectivity index is 2.38. The van der Waals surface area contributed by atoms with Gasteiger partial charge >= 0.3 is 0 Å². The van der Waals surface area contributed by atoms with E-state index in [1.807, 2.05) is 31.2 Å². The Labute approximate surface area is 120 Å². The van der Waals surface area contributed by atoms with Crippen molar-refractivity contribution in [3.63, 3.8) is 0 Å². The number of hydrogen-bond donors (Lipinski definition) is 2. The molecule has 0 radical (unpaired) electrons. The number of benzene rings is 1. The first-order valence-electron chi connectivity index (χ1n) is 5.48. The monoisotopic (exact) mass is 293 g/mol. The Hall–Kier alpha value is -1.72. The van der Waals surface area contributed by atoms with Crippen LogP contribution in [0.1, 0.15) is 11.1 Å². The van der Waals surface area contributed by atoms with Gasteiger partial charge < -0.3 is 10.9 Å². The summed E-state index contributed by atoms with van der Waals surface area (Å²) in [5, 5.41) is 13.2. The lowest BCUT2D eigenvalue weighted by Crippen LogP contribution is -2.14. The van der Waals surface area contributed by atoms with E-state index in [0.29, 0.717) is 10.6 Å². The number of nitrogens with zero attached hydrogens (tertiary/aromatic N) is 2. The predicted octanol–water partition coefficient (Wildman–Crippen LogP) is 3.29. The molecule has 0 aliphatic carbocycles. The van der Waals surface area contributed by atoms with Gasteiger partial charge in [0.25, 0.3) is 0 Å². The van der Waals surface area contributed by atoms with Gasteiger partial charge in [0.15, 0.2) is 5.84 Å². The topological polar surface area (TPSA) is 71.5 Å². The molecule has 0 amide bonds. The van der Waals surface area contributed by atoms with Gasteiger partial charge in [-0.1, -0.05) is 34.6 Å². The van der Waals surface area contributed by atoms with Crippen molar-refractivity contribution in [1.29, 1.82) is 0 Å². The molecule has 1 heterocycles. The fourth-order valence-corrected chi connectivity index (χ4v) is 2.62. The SMILES string of the molecule is Cc1ccc(C(N)=NO)c(Sc2ccc(Cl)cn2)c1. The van der Waals surface area contributed by atoms with Gasteiger partial charge in [-0.15, -0.1) is 0 Å². The summed E-state index contributed by atoms with van der Waals surface area (Å²) in [5.74, 6) is 0.0801. The van der Waals surface area contributed by atoms with E-state index in [4.69, 9.17) is 22.5 Å². The summed E-state index contributed by atoms with van der Waals surface area (Å²) < 4.78 is 0. The number of pyridine rings is 1. The Morgan fingerprint density at radius 3 is 2.79 bits per heavy atom. The van der Waals surface area contributed by atoms with Crippen LogP contribution < -0.4 is 5.73 Å². The molecule has 0 aliphatic rings. The molecule has 0 fully saturated rings. The Kier molecular flexibility index (Phi) is 4.29. The molecule has 0 atom stereocenters. The van der Waals surface area contributed by atoms with Crippen molar-refractivity contribution in [2.24, 2.45) is 10.9 Å². The lowest BCUT2D eigenvalue weighted by atomic mass is 10.1. The standard InChI is InChI=1S/C13H12ClN3OS/c1-8-2-4-10(13(15)17-18)11(6-8)19-12-5-3-9(14)7-16-12/h2-7,18H,1H3,(H2,15,17). The average Bonchev–Trinajstić information content (AvgIpc) is 2.41. The molecule has 6 heteroatoms. The molecule has 0 spiro atoms. The molecule has 2 aromatic rings. The Bertz CT molecular complexity index is 614. The molecule has 3 N–H and O–H groups in total. The summed E-state index contributed by atoms with van der Waals surface area (Å²) in [6, 6.07) is 9.30. The number of nitrogens with two attached hydrogens (primary N) is 1. The molecule has 0 saturated carbocycles. The zero-order valence-electron chi connectivity index (χ0n) is 10.2. The van der Waals surface area contributed by atoms with Crippen LogP contribution in [0.3, 0.4) is 0 Å². The van der Waals surface area contributed by atoms with E-state index in [9.17, 15) is 0 Å². The number of amidine groups is 1. The van der Waals surface area contributed by atoms with Crippen molar-refractivity contribution in [2.75, 3.05) is 0 Å². The number of aromatic nitrogens is 1. The third-order valence-corrected chi connectivity index (χ3v) is 3.67. The van der Waals surface area contributed by atoms with E-state index in [0.717, 1.165) is 15.5 Å². The van der Waals surface area contributed by atoms with Gasteiger partial charge in [0.2, 0.25) is 0 Å². The molecule has 0 saturated heterocycles. The smallest absolute Gasteiger partial charge is 0.171 e. The van der Waals surface area contributed by atoms with Crippen molar-refractivity contribution in [3.8, 4) is 0 Å². The summed E-state index contributed by atoms with van der Waals surface area (Å²) in [5.41, 5.74) is 7.43. The van der Waals surface area contributed by atoms with Crippen LogP contribution in [0.4, 0.5) is 0 Å². The molecule has 4 nitrogen and oxygen atoms in total. The highest BCUT2D eigenvalue weighted by Crippen LogP contribution is 2.30. The second-order valence-electron chi connectivity index (χ2n) is 3.90. The average molecular weight is 294 g/mol. The fourth-order valence-electron chi connectivity index (χ4n) is 1.51. The first-order chi connectivity index (χ1) is 9.10. The van der Waals surface area contributed by atoms with Crippen LogP contribution in [0, 0.1) is 6.92 Å². The van der Waals surface area contributed by atoms with E-state index in [-0.39, 0.29) is 5.84 Å². The quantitative estimate of drug-likeness (QED) is 0.394. The van der Waals surface area contributed by atoms with E-state index in [1.54, 1.807) is 12.3 Å². The lowest BCUT2D eigenvalue weighted by Gasteiger charge is -2.08. The number of aryl methyl sites for hydroxylation is 1. The van der Waals surface area contributed by atoms with Crippen molar-refractivity contribution in [1.82, 2.24) is 4.98 Å². The van der Waals surface area contributed by atoms with Gasteiger partial charge in [-0.2, -0.15) is 0 Å². The number of oxime groups is 1. The Morgan fingerprint density at radius 2 is 2.16 bits per heavy atom. The second kappa shape index (κ2) is 5.95. The van der Waals surface area contributed by atoms with Gasteiger partial charge in [0, 0.05) is 16.7 Å². The molecule has 0 aliphatic heterocycles. The van der Waals surface area contributed by atoms with Gasteiger partial charge in [0.1, 0.15) is 5.03 Å². The minimum absolute atomic E-state index is 0.0801. The molecule has 0 unspecified atom stereocenters. The van der Waals surface area contributed by atoms with Crippen LogP contribution in [0.25, 0.3) is 0 Å². The van der Waals surface area contributed by atoms with E-state index >= 15 is 0 Å². The summed E-state index contributed by atoms with van der Waals surface area (Å²) in [4.78, 5) is 5.10. The molecule has 1 aromatic carbocycles. The number of rotatable bonds is 3. The highest BCUT2D eigenvalue weighted by Gasteiger charge is 2.09. The molecule has 98 valence electrons. The zero-order valence-corrected chi connectivity index (χ0v) is 11.7. The lowest BCUT2D eigenvalue weighted by molar-refractivity contribution is 0.318. The summed E-state index contributed by atoms with van der Waals surface area (Å²) in [7, 11) is 0. The van der Waals surface area contributed by atoms with Gasteiger partial charge in [0.05, 0.1) is 5.02 Å². The summed E-state index contributed by atoms with van der Waals surface area (Å²) in [6.45, 7) is 1.98. The van der Waals surface area contributed by atoms with Gasteiger partial charge in [-0.3, -0.25) is 0 Å². The molecule has 1 aromatic heterocycles. The minimum Gasteiger partial charge on any atom is -0.409 e. The third-order valence-electron chi connectivity index (χ3n) is 2.44. The molecular formula is C13H12ClN3OS. The maximum atomic E-state index is 8.81. The number of halogens is 1. The minimum atomic E-state index is 0.0801. The Morgan fingerprint density at radius 1 is 1.37 bits per heavy atom. The second-order valence-corrected chi connectivity index (χ2v) is 5.40. The first kappa shape index (κ1) is 13.7. The van der Waals surface area contributed by atoms with E-state index in [1.165, 1.54) is 11.8 Å². The van der Waals surface area contributed by atoms with Gasteiger partial charge in [-0.25, -0.2) is 4.98 Å². The zero-order chi connectivity index (χ0) is 13.8. The highest BCUT2D eigenvalue weighted by atomic mass is 35.5. The largest absolute Gasteiger partial charge is 0.409 e. The normalized spacial score (nSPS) is 11.6. The van der Waals surface area contributed by atoms with Crippen LogP contribution in [-0.4, -0.2) is 16.0 Å². The summed E-state index contributed by atoms with van der Waals surface area (Å²) >= 11 is 7.24. The molecule has 19 heavy (non-hydrogen) atoms. The van der Waals surface area contributed by atoms with Crippen molar-refractivity contribution in [3.05, 3.63) is 52.7 Å². The fraction of sp³-hybridized carbons (Fsp3) is 0.0769. The molecular weight excluding hydrogens is 282 g/mol. The maximum absolute atomic E-state index is 8.81. The van der Waals surface area contributed by atoms with E-state index < -0.39 is 0 Å². The van der Waals surface area contributed by atoms with Crippen LogP contribution in [-0.2, 0) is 0 Å². The number of hydrogen-bond acceptors (Lipinski definition) is 4. The highest BCUT2D eigenvalue weighted by molar-refractivity contribution is 7.99. The first-order valence-corrected chi connectivity index (χ1v) is 6.67. The molecule has 0 bridgehead atoms. The van der Waals surface area contributed by atoms with Gasteiger partial charge in [-0.05, 0) is 36.8 Å².